The number of amides is 1. The lowest BCUT2D eigenvalue weighted by Gasteiger charge is -2.16. The van der Waals surface area contributed by atoms with E-state index < -0.39 is 12.0 Å². The summed E-state index contributed by atoms with van der Waals surface area (Å²) in [5, 5.41) is 12.9. The van der Waals surface area contributed by atoms with Crippen molar-refractivity contribution in [2.45, 2.75) is 32.9 Å². The number of nitrogens with two attached hydrogens (primary N) is 1. The van der Waals surface area contributed by atoms with Crippen molar-refractivity contribution in [3.63, 3.8) is 0 Å². The molecule has 0 saturated carbocycles. The Bertz CT molecular complexity index is 433. The summed E-state index contributed by atoms with van der Waals surface area (Å²) < 4.78 is 5.52. The van der Waals surface area contributed by atoms with Crippen molar-refractivity contribution in [1.82, 2.24) is 5.32 Å². The van der Waals surface area contributed by atoms with Crippen molar-refractivity contribution in [3.05, 3.63) is 29.3 Å². The van der Waals surface area contributed by atoms with Crippen molar-refractivity contribution in [2.75, 3.05) is 13.2 Å². The Morgan fingerprint density at radius 3 is 2.68 bits per heavy atom. The number of aryl methyl sites for hydroxylation is 1. The molecule has 1 atom stereocenters. The van der Waals surface area contributed by atoms with Gasteiger partial charge in [0.2, 0.25) is 5.91 Å². The summed E-state index contributed by atoms with van der Waals surface area (Å²) in [7, 11) is 0. The fourth-order valence-corrected chi connectivity index (χ4v) is 1.58. The van der Waals surface area contributed by atoms with Crippen LogP contribution in [0.2, 0.25) is 0 Å². The quantitative estimate of drug-likeness (QED) is 0.682. The van der Waals surface area contributed by atoms with E-state index in [1.165, 1.54) is 0 Å². The lowest BCUT2D eigenvalue weighted by molar-refractivity contribution is 0.0997. The fourth-order valence-electron chi connectivity index (χ4n) is 1.58. The highest BCUT2D eigenvalue weighted by Gasteiger charge is 2.09. The van der Waals surface area contributed by atoms with Crippen LogP contribution in [0.15, 0.2) is 18.2 Å². The smallest absolute Gasteiger partial charge is 0.248 e. The number of aliphatic hydroxyl groups excluding tert-OH is 1. The number of ether oxygens (including phenoxy) is 1. The number of rotatable bonds is 7. The normalized spacial score (nSPS) is 12.5. The molecule has 0 heterocycles. The summed E-state index contributed by atoms with van der Waals surface area (Å²) in [5.74, 6) is 0.185. The Kier molecular flexibility index (Phi) is 5.79. The molecule has 0 aliphatic rings. The number of benzene rings is 1. The van der Waals surface area contributed by atoms with Crippen LogP contribution >= 0.6 is 0 Å². The molecule has 0 aliphatic heterocycles. The van der Waals surface area contributed by atoms with E-state index in [9.17, 15) is 9.90 Å². The Hall–Kier alpha value is -1.59. The zero-order valence-electron chi connectivity index (χ0n) is 11.6. The van der Waals surface area contributed by atoms with Crippen LogP contribution in [-0.2, 0) is 0 Å². The third-order valence-corrected chi connectivity index (χ3v) is 2.65. The average Bonchev–Trinajstić information content (AvgIpc) is 2.34. The molecule has 5 heteroatoms. The molecular formula is C14H22N2O3. The van der Waals surface area contributed by atoms with Gasteiger partial charge < -0.3 is 20.9 Å². The van der Waals surface area contributed by atoms with Gasteiger partial charge in [0.25, 0.3) is 0 Å². The first kappa shape index (κ1) is 15.5. The number of aliphatic hydroxyl groups is 1. The van der Waals surface area contributed by atoms with Gasteiger partial charge >= 0.3 is 0 Å². The molecule has 1 unspecified atom stereocenters. The van der Waals surface area contributed by atoms with Crippen LogP contribution in [-0.4, -0.2) is 36.3 Å². The first-order valence-corrected chi connectivity index (χ1v) is 6.35. The molecule has 5 nitrogen and oxygen atoms in total. The second-order valence-electron chi connectivity index (χ2n) is 4.87. The van der Waals surface area contributed by atoms with E-state index in [-0.39, 0.29) is 6.61 Å². The van der Waals surface area contributed by atoms with Crippen LogP contribution in [0.25, 0.3) is 0 Å². The molecule has 1 aromatic carbocycles. The van der Waals surface area contributed by atoms with Crippen LogP contribution in [0.1, 0.15) is 29.8 Å². The van der Waals surface area contributed by atoms with E-state index in [1.54, 1.807) is 18.2 Å². The zero-order chi connectivity index (χ0) is 14.4. The van der Waals surface area contributed by atoms with E-state index in [4.69, 9.17) is 10.5 Å². The Morgan fingerprint density at radius 1 is 1.47 bits per heavy atom. The van der Waals surface area contributed by atoms with Crippen molar-refractivity contribution in [3.8, 4) is 5.75 Å². The molecular weight excluding hydrogens is 244 g/mol. The molecule has 0 aromatic heterocycles. The van der Waals surface area contributed by atoms with E-state index in [1.807, 2.05) is 20.8 Å². The summed E-state index contributed by atoms with van der Waals surface area (Å²) in [6.07, 6.45) is -0.572. The molecule has 0 saturated heterocycles. The Balaban J connectivity index is 2.51. The van der Waals surface area contributed by atoms with Gasteiger partial charge in [-0.3, -0.25) is 4.79 Å². The van der Waals surface area contributed by atoms with Gasteiger partial charge in [-0.05, 0) is 30.7 Å². The van der Waals surface area contributed by atoms with Crippen LogP contribution in [0.5, 0.6) is 5.75 Å². The van der Waals surface area contributed by atoms with Gasteiger partial charge in [0.15, 0.2) is 0 Å². The molecule has 0 radical (unpaired) electrons. The standard InChI is InChI=1S/C14H22N2O3/c1-9(2)16-7-12(17)8-19-13-5-4-11(14(15)18)6-10(13)3/h4-6,9,12,16-17H,7-8H2,1-3H3,(H2,15,18). The minimum atomic E-state index is -0.572. The van der Waals surface area contributed by atoms with Crippen molar-refractivity contribution in [2.24, 2.45) is 5.73 Å². The van der Waals surface area contributed by atoms with Gasteiger partial charge in [-0.15, -0.1) is 0 Å². The van der Waals surface area contributed by atoms with E-state index in [0.717, 1.165) is 5.56 Å². The summed E-state index contributed by atoms with van der Waals surface area (Å²) in [6, 6.07) is 5.31. The first-order chi connectivity index (χ1) is 8.90. The Morgan fingerprint density at radius 2 is 2.16 bits per heavy atom. The molecule has 106 valence electrons. The van der Waals surface area contributed by atoms with E-state index in [2.05, 4.69) is 5.32 Å². The topological polar surface area (TPSA) is 84.6 Å². The van der Waals surface area contributed by atoms with Crippen molar-refractivity contribution in [1.29, 1.82) is 0 Å². The lowest BCUT2D eigenvalue weighted by Crippen LogP contribution is -2.35. The monoisotopic (exact) mass is 266 g/mol. The van der Waals surface area contributed by atoms with Crippen LogP contribution in [0.4, 0.5) is 0 Å². The SMILES string of the molecule is Cc1cc(C(N)=O)ccc1OCC(O)CNC(C)C. The fraction of sp³-hybridized carbons (Fsp3) is 0.500. The third-order valence-electron chi connectivity index (χ3n) is 2.65. The molecule has 0 fully saturated rings. The van der Waals surface area contributed by atoms with Gasteiger partial charge in [0, 0.05) is 18.2 Å². The molecule has 1 rings (SSSR count). The number of hydrogen-bond donors (Lipinski definition) is 3. The number of nitrogens with one attached hydrogen (secondary N) is 1. The third kappa shape index (κ3) is 5.28. The molecule has 4 N–H and O–H groups in total. The van der Waals surface area contributed by atoms with E-state index >= 15 is 0 Å². The maximum absolute atomic E-state index is 11.0. The van der Waals surface area contributed by atoms with Gasteiger partial charge in [-0.2, -0.15) is 0 Å². The molecule has 1 aromatic rings. The average molecular weight is 266 g/mol. The number of carbonyl (C=O) groups excluding carboxylic acids is 1. The maximum Gasteiger partial charge on any atom is 0.248 e. The van der Waals surface area contributed by atoms with Crippen LogP contribution in [0.3, 0.4) is 0 Å². The second-order valence-corrected chi connectivity index (χ2v) is 4.87. The van der Waals surface area contributed by atoms with Gasteiger partial charge in [0.05, 0.1) is 0 Å². The lowest BCUT2D eigenvalue weighted by atomic mass is 10.1. The predicted octanol–water partition coefficient (Wildman–Crippen LogP) is 0.832. The summed E-state index contributed by atoms with van der Waals surface area (Å²) in [5.41, 5.74) is 6.47. The minimum Gasteiger partial charge on any atom is -0.491 e. The maximum atomic E-state index is 11.0. The van der Waals surface area contributed by atoms with Gasteiger partial charge in [0.1, 0.15) is 18.5 Å². The number of primary amides is 1. The largest absolute Gasteiger partial charge is 0.491 e. The van der Waals surface area contributed by atoms with Crippen molar-refractivity contribution >= 4 is 5.91 Å². The van der Waals surface area contributed by atoms with Gasteiger partial charge in [-0.25, -0.2) is 0 Å². The van der Waals surface area contributed by atoms with E-state index in [0.29, 0.717) is 23.9 Å². The predicted molar refractivity (Wildman–Crippen MR) is 74.3 cm³/mol. The molecule has 0 aliphatic carbocycles. The minimum absolute atomic E-state index is 0.205. The zero-order valence-corrected chi connectivity index (χ0v) is 11.6. The first-order valence-electron chi connectivity index (χ1n) is 6.35. The summed E-state index contributed by atoms with van der Waals surface area (Å²) >= 11 is 0. The second kappa shape index (κ2) is 7.11. The highest BCUT2D eigenvalue weighted by molar-refractivity contribution is 5.93. The molecule has 0 spiro atoms. The van der Waals surface area contributed by atoms with Gasteiger partial charge in [-0.1, -0.05) is 13.8 Å². The highest BCUT2D eigenvalue weighted by Crippen LogP contribution is 2.19. The Labute approximate surface area is 113 Å². The van der Waals surface area contributed by atoms with Crippen LogP contribution in [0, 0.1) is 6.92 Å². The number of carbonyl (C=O) groups is 1. The summed E-state index contributed by atoms with van der Waals surface area (Å²) in [4.78, 5) is 11.0. The number of hydrogen-bond acceptors (Lipinski definition) is 4. The van der Waals surface area contributed by atoms with Crippen LogP contribution < -0.4 is 15.8 Å². The molecule has 0 bridgehead atoms. The van der Waals surface area contributed by atoms with Crippen molar-refractivity contribution < 1.29 is 14.6 Å². The highest BCUT2D eigenvalue weighted by atomic mass is 16.5. The summed E-state index contributed by atoms with van der Waals surface area (Å²) in [6.45, 7) is 6.55. The molecule has 19 heavy (non-hydrogen) atoms. The molecule has 1 amide bonds.